The third-order valence-corrected chi connectivity index (χ3v) is 3.61. The summed E-state index contributed by atoms with van der Waals surface area (Å²) in [5, 5.41) is 5.18. The molecule has 0 radical (unpaired) electrons. The maximum Gasteiger partial charge on any atom is 0.338 e. The molecule has 0 unspecified atom stereocenters. The van der Waals surface area contributed by atoms with E-state index in [4.69, 9.17) is 4.74 Å². The van der Waals surface area contributed by atoms with Crippen molar-refractivity contribution in [1.29, 1.82) is 0 Å². The fourth-order valence-electron chi connectivity index (χ4n) is 2.27. The van der Waals surface area contributed by atoms with Gasteiger partial charge in [0.05, 0.1) is 5.56 Å². The van der Waals surface area contributed by atoms with Gasteiger partial charge >= 0.3 is 5.97 Å². The molecule has 2 aromatic carbocycles. The third-order valence-electron chi connectivity index (χ3n) is 3.61. The molecule has 0 saturated heterocycles. The van der Waals surface area contributed by atoms with Gasteiger partial charge in [-0.3, -0.25) is 14.4 Å². The lowest BCUT2D eigenvalue weighted by Crippen LogP contribution is -2.30. The first-order valence-electron chi connectivity index (χ1n) is 8.27. The van der Waals surface area contributed by atoms with E-state index in [0.717, 1.165) is 0 Å². The van der Waals surface area contributed by atoms with E-state index in [-0.39, 0.29) is 17.3 Å². The van der Waals surface area contributed by atoms with Crippen molar-refractivity contribution in [3.63, 3.8) is 0 Å². The summed E-state index contributed by atoms with van der Waals surface area (Å²) in [5.74, 6) is -1.60. The van der Waals surface area contributed by atoms with Crippen LogP contribution in [0.1, 0.15) is 41.5 Å². The molecular formula is C20H20N2O5. The molecule has 2 N–H and O–H groups in total. The molecule has 1 atom stereocenters. The fourth-order valence-corrected chi connectivity index (χ4v) is 2.27. The standard InChI is InChI=1S/C20H20N2O5/c1-12(23)15-6-4-9-18(10-15)22-19(25)13(2)27-20(26)16-7-5-8-17(11-16)21-14(3)24/h4-11,13H,1-3H3,(H,21,24)(H,22,25)/t13-/m1/s1. The van der Waals surface area contributed by atoms with Crippen LogP contribution in [0.25, 0.3) is 0 Å². The molecule has 27 heavy (non-hydrogen) atoms. The van der Waals surface area contributed by atoms with Gasteiger partial charge in [-0.15, -0.1) is 0 Å². The van der Waals surface area contributed by atoms with Crippen LogP contribution < -0.4 is 10.6 Å². The topological polar surface area (TPSA) is 102 Å². The molecule has 7 nitrogen and oxygen atoms in total. The van der Waals surface area contributed by atoms with Crippen LogP contribution in [0, 0.1) is 0 Å². The average Bonchev–Trinajstić information content (AvgIpc) is 2.61. The van der Waals surface area contributed by atoms with Crippen LogP contribution in [-0.4, -0.2) is 29.7 Å². The van der Waals surface area contributed by atoms with E-state index in [2.05, 4.69) is 10.6 Å². The second-order valence-electron chi connectivity index (χ2n) is 5.94. The first kappa shape index (κ1) is 19.8. The lowest BCUT2D eigenvalue weighted by molar-refractivity contribution is -0.123. The van der Waals surface area contributed by atoms with Gasteiger partial charge in [-0.05, 0) is 44.2 Å². The van der Waals surface area contributed by atoms with Gasteiger partial charge in [-0.25, -0.2) is 4.79 Å². The predicted molar refractivity (Wildman–Crippen MR) is 101 cm³/mol. The molecule has 7 heteroatoms. The van der Waals surface area contributed by atoms with Crippen molar-refractivity contribution in [2.75, 3.05) is 10.6 Å². The van der Waals surface area contributed by atoms with Crippen LogP contribution in [0.15, 0.2) is 48.5 Å². The van der Waals surface area contributed by atoms with Gasteiger partial charge in [0.25, 0.3) is 5.91 Å². The number of ether oxygens (including phenoxy) is 1. The molecule has 0 fully saturated rings. The largest absolute Gasteiger partial charge is 0.449 e. The Hall–Kier alpha value is -3.48. The highest BCUT2D eigenvalue weighted by Gasteiger charge is 2.19. The molecule has 0 aliphatic carbocycles. The second-order valence-corrected chi connectivity index (χ2v) is 5.94. The number of esters is 1. The summed E-state index contributed by atoms with van der Waals surface area (Å²) < 4.78 is 5.18. The Bertz CT molecular complexity index is 891. The zero-order valence-electron chi connectivity index (χ0n) is 15.2. The number of hydrogen-bond donors (Lipinski definition) is 2. The normalized spacial score (nSPS) is 11.2. The molecule has 0 aromatic heterocycles. The number of nitrogens with one attached hydrogen (secondary N) is 2. The molecule has 2 rings (SSSR count). The van der Waals surface area contributed by atoms with Gasteiger partial charge in [0.2, 0.25) is 5.91 Å². The number of Topliss-reactive ketones (excluding diaryl/α,β-unsaturated/α-hetero) is 1. The smallest absolute Gasteiger partial charge is 0.338 e. The number of hydrogen-bond acceptors (Lipinski definition) is 5. The Kier molecular flexibility index (Phi) is 6.43. The molecule has 0 spiro atoms. The zero-order valence-corrected chi connectivity index (χ0v) is 15.2. The lowest BCUT2D eigenvalue weighted by Gasteiger charge is -2.14. The first-order valence-corrected chi connectivity index (χ1v) is 8.27. The third kappa shape index (κ3) is 5.78. The van der Waals surface area contributed by atoms with Gasteiger partial charge in [0.15, 0.2) is 11.9 Å². The van der Waals surface area contributed by atoms with E-state index in [9.17, 15) is 19.2 Å². The quantitative estimate of drug-likeness (QED) is 0.603. The van der Waals surface area contributed by atoms with Gasteiger partial charge in [0.1, 0.15) is 0 Å². The Morgan fingerprint density at radius 3 is 2.00 bits per heavy atom. The van der Waals surface area contributed by atoms with Gasteiger partial charge in [-0.1, -0.05) is 18.2 Å². The molecule has 0 aliphatic rings. The highest BCUT2D eigenvalue weighted by atomic mass is 16.5. The van der Waals surface area contributed by atoms with Crippen molar-refractivity contribution in [1.82, 2.24) is 0 Å². The number of carbonyl (C=O) groups is 4. The minimum absolute atomic E-state index is 0.121. The highest BCUT2D eigenvalue weighted by Crippen LogP contribution is 2.14. The minimum Gasteiger partial charge on any atom is -0.449 e. The summed E-state index contributed by atoms with van der Waals surface area (Å²) in [5.41, 5.74) is 1.56. The second kappa shape index (κ2) is 8.75. The fraction of sp³-hybridized carbons (Fsp3) is 0.200. The number of benzene rings is 2. The number of rotatable bonds is 6. The summed E-state index contributed by atoms with van der Waals surface area (Å²) in [4.78, 5) is 47.0. The Labute approximate surface area is 156 Å². The summed E-state index contributed by atoms with van der Waals surface area (Å²) in [6.07, 6.45) is -1.05. The van der Waals surface area contributed by atoms with Crippen molar-refractivity contribution < 1.29 is 23.9 Å². The van der Waals surface area contributed by atoms with Crippen LogP contribution >= 0.6 is 0 Å². The summed E-state index contributed by atoms with van der Waals surface area (Å²) in [6, 6.07) is 12.7. The Morgan fingerprint density at radius 2 is 1.41 bits per heavy atom. The molecule has 0 bridgehead atoms. The van der Waals surface area contributed by atoms with E-state index in [1.165, 1.54) is 32.9 Å². The maximum absolute atomic E-state index is 12.2. The molecule has 140 valence electrons. The Morgan fingerprint density at radius 1 is 0.852 bits per heavy atom. The van der Waals surface area contributed by atoms with E-state index >= 15 is 0 Å². The molecule has 2 amide bonds. The van der Waals surface area contributed by atoms with E-state index in [1.807, 2.05) is 0 Å². The molecule has 0 aliphatic heterocycles. The average molecular weight is 368 g/mol. The van der Waals surface area contributed by atoms with Crippen molar-refractivity contribution in [2.45, 2.75) is 26.9 Å². The number of carbonyl (C=O) groups excluding carboxylic acids is 4. The van der Waals surface area contributed by atoms with Crippen molar-refractivity contribution >= 4 is 34.9 Å². The van der Waals surface area contributed by atoms with Crippen LogP contribution in [0.4, 0.5) is 11.4 Å². The predicted octanol–water partition coefficient (Wildman–Crippen LogP) is 3.03. The van der Waals surface area contributed by atoms with Gasteiger partial charge < -0.3 is 15.4 Å². The summed E-state index contributed by atoms with van der Waals surface area (Å²) in [7, 11) is 0. The molecule has 0 heterocycles. The van der Waals surface area contributed by atoms with Crippen molar-refractivity contribution in [3.05, 3.63) is 59.7 Å². The van der Waals surface area contributed by atoms with E-state index in [1.54, 1.807) is 36.4 Å². The SMILES string of the molecule is CC(=O)Nc1cccc(C(=O)O[C@H](C)C(=O)Nc2cccc(C(C)=O)c2)c1. The lowest BCUT2D eigenvalue weighted by atomic mass is 10.1. The van der Waals surface area contributed by atoms with Crippen LogP contribution in [0.2, 0.25) is 0 Å². The van der Waals surface area contributed by atoms with Gasteiger partial charge in [-0.2, -0.15) is 0 Å². The van der Waals surface area contributed by atoms with Crippen LogP contribution in [-0.2, 0) is 14.3 Å². The highest BCUT2D eigenvalue weighted by molar-refractivity contribution is 6.00. The van der Waals surface area contributed by atoms with Crippen LogP contribution in [0.5, 0.6) is 0 Å². The number of amides is 2. The first-order chi connectivity index (χ1) is 12.8. The summed E-state index contributed by atoms with van der Waals surface area (Å²) in [6.45, 7) is 4.23. The maximum atomic E-state index is 12.2. The Balaban J connectivity index is 2.01. The van der Waals surface area contributed by atoms with Crippen LogP contribution in [0.3, 0.4) is 0 Å². The monoisotopic (exact) mass is 368 g/mol. The molecule has 2 aromatic rings. The zero-order chi connectivity index (χ0) is 20.0. The van der Waals surface area contributed by atoms with Gasteiger partial charge in [0, 0.05) is 23.9 Å². The molecule has 0 saturated carbocycles. The molecular weight excluding hydrogens is 348 g/mol. The van der Waals surface area contributed by atoms with E-state index in [0.29, 0.717) is 16.9 Å². The number of ketones is 1. The minimum atomic E-state index is -1.05. The summed E-state index contributed by atoms with van der Waals surface area (Å²) >= 11 is 0. The van der Waals surface area contributed by atoms with Crippen molar-refractivity contribution in [2.24, 2.45) is 0 Å². The number of anilines is 2. The van der Waals surface area contributed by atoms with E-state index < -0.39 is 18.0 Å². The van der Waals surface area contributed by atoms with Crippen molar-refractivity contribution in [3.8, 4) is 0 Å².